The Hall–Kier alpha value is -3.80. The van der Waals surface area contributed by atoms with Gasteiger partial charge >= 0.3 is 0 Å². The second-order valence-corrected chi connectivity index (χ2v) is 8.85. The van der Waals surface area contributed by atoms with Crippen molar-refractivity contribution in [3.05, 3.63) is 78.0 Å². The summed E-state index contributed by atoms with van der Waals surface area (Å²) in [6.07, 6.45) is 6.77. The van der Waals surface area contributed by atoms with Crippen molar-refractivity contribution in [1.29, 1.82) is 0 Å². The third-order valence-corrected chi connectivity index (χ3v) is 7.08. The summed E-state index contributed by atoms with van der Waals surface area (Å²) in [5.41, 5.74) is 3.30. The van der Waals surface area contributed by atoms with Crippen molar-refractivity contribution >= 4 is 40.0 Å². The van der Waals surface area contributed by atoms with Crippen LogP contribution < -0.4 is 10.2 Å². The molecule has 3 aliphatic rings. The predicted molar refractivity (Wildman–Crippen MR) is 121 cm³/mol. The van der Waals surface area contributed by atoms with Crippen LogP contribution in [0.25, 0.3) is 10.9 Å². The van der Waals surface area contributed by atoms with Gasteiger partial charge in [0.2, 0.25) is 11.8 Å². The number of pyridine rings is 1. The molecule has 2 bridgehead atoms. The van der Waals surface area contributed by atoms with E-state index in [1.807, 2.05) is 31.2 Å². The Kier molecular flexibility index (Phi) is 4.05. The van der Waals surface area contributed by atoms with Gasteiger partial charge in [-0.2, -0.15) is 0 Å². The predicted octanol–water partition coefficient (Wildman–Crippen LogP) is 4.11. The van der Waals surface area contributed by atoms with Gasteiger partial charge in [0.1, 0.15) is 0 Å². The summed E-state index contributed by atoms with van der Waals surface area (Å²) in [6.45, 7) is 1.93. The van der Waals surface area contributed by atoms with Gasteiger partial charge < -0.3 is 5.32 Å². The van der Waals surface area contributed by atoms with E-state index in [0.717, 1.165) is 22.9 Å². The number of anilines is 2. The first-order valence-electron chi connectivity index (χ1n) is 10.8. The van der Waals surface area contributed by atoms with E-state index in [4.69, 9.17) is 0 Å². The molecule has 6 heteroatoms. The van der Waals surface area contributed by atoms with Gasteiger partial charge in [0.05, 0.1) is 28.7 Å². The average Bonchev–Trinajstić information content (AvgIpc) is 3.49. The molecule has 2 heterocycles. The number of rotatable bonds is 3. The molecule has 4 atom stereocenters. The lowest BCUT2D eigenvalue weighted by Crippen LogP contribution is -2.32. The van der Waals surface area contributed by atoms with Crippen LogP contribution in [0, 0.1) is 30.6 Å². The summed E-state index contributed by atoms with van der Waals surface area (Å²) >= 11 is 0. The van der Waals surface area contributed by atoms with Crippen molar-refractivity contribution in [3.63, 3.8) is 0 Å². The maximum Gasteiger partial charge on any atom is 0.255 e. The Bertz CT molecular complexity index is 1300. The van der Waals surface area contributed by atoms with E-state index in [-0.39, 0.29) is 41.4 Å². The van der Waals surface area contributed by atoms with Gasteiger partial charge in [0.15, 0.2) is 0 Å². The number of allylic oxidation sites excluding steroid dienone is 2. The fourth-order valence-electron chi connectivity index (χ4n) is 5.51. The van der Waals surface area contributed by atoms with Crippen molar-refractivity contribution in [2.24, 2.45) is 23.7 Å². The van der Waals surface area contributed by atoms with Crippen molar-refractivity contribution in [2.45, 2.75) is 13.3 Å². The molecule has 0 unspecified atom stereocenters. The van der Waals surface area contributed by atoms with E-state index in [1.165, 1.54) is 4.90 Å². The van der Waals surface area contributed by atoms with E-state index < -0.39 is 0 Å². The number of carbonyl (C=O) groups is 3. The smallest absolute Gasteiger partial charge is 0.255 e. The minimum atomic E-state index is -0.268. The normalized spacial score (nSPS) is 25.6. The van der Waals surface area contributed by atoms with E-state index in [2.05, 4.69) is 22.5 Å². The minimum Gasteiger partial charge on any atom is -0.320 e. The molecule has 2 fully saturated rings. The lowest BCUT2D eigenvalue weighted by molar-refractivity contribution is -0.123. The summed E-state index contributed by atoms with van der Waals surface area (Å²) < 4.78 is 0. The van der Waals surface area contributed by atoms with Crippen molar-refractivity contribution in [2.75, 3.05) is 10.2 Å². The van der Waals surface area contributed by atoms with Gasteiger partial charge in [-0.15, -0.1) is 0 Å². The highest BCUT2D eigenvalue weighted by atomic mass is 16.2. The van der Waals surface area contributed by atoms with Crippen LogP contribution in [0.2, 0.25) is 0 Å². The van der Waals surface area contributed by atoms with E-state index >= 15 is 0 Å². The standard InChI is InChI=1S/C26H21N3O3/c1-14-4-5-15-3-2-12-27-23(15)22(14)28-24(30)16-8-10-19(11-9-16)29-25(31)20-17-6-7-18(13-17)21(20)26(29)32/h2-12,17-18,20-21H,13H2,1H3,(H,28,30)/t17-,18+,20-,21+. The minimum absolute atomic E-state index is 0.119. The molecule has 2 aliphatic carbocycles. The number of nitrogens with zero attached hydrogens (tertiary/aromatic N) is 2. The Morgan fingerprint density at radius 2 is 1.66 bits per heavy atom. The summed E-state index contributed by atoms with van der Waals surface area (Å²) in [5.74, 6) is -0.623. The Labute approximate surface area is 184 Å². The van der Waals surface area contributed by atoms with Gasteiger partial charge in [-0.1, -0.05) is 30.4 Å². The van der Waals surface area contributed by atoms with Crippen LogP contribution in [0.15, 0.2) is 66.9 Å². The summed E-state index contributed by atoms with van der Waals surface area (Å²) in [4.78, 5) is 44.6. The van der Waals surface area contributed by atoms with Crippen LogP contribution >= 0.6 is 0 Å². The van der Waals surface area contributed by atoms with Crippen molar-refractivity contribution in [3.8, 4) is 0 Å². The Morgan fingerprint density at radius 3 is 2.34 bits per heavy atom. The van der Waals surface area contributed by atoms with Crippen LogP contribution in [-0.2, 0) is 9.59 Å². The van der Waals surface area contributed by atoms with Gasteiger partial charge in [-0.05, 0) is 61.1 Å². The summed E-state index contributed by atoms with van der Waals surface area (Å²) in [6, 6.07) is 14.4. The first-order chi connectivity index (χ1) is 15.5. The molecule has 1 saturated carbocycles. The van der Waals surface area contributed by atoms with Crippen LogP contribution in [-0.4, -0.2) is 22.7 Å². The summed E-state index contributed by atoms with van der Waals surface area (Å²) in [7, 11) is 0. The van der Waals surface area contributed by atoms with E-state index in [9.17, 15) is 14.4 Å². The lowest BCUT2D eigenvalue weighted by atomic mass is 9.85. The van der Waals surface area contributed by atoms with Crippen molar-refractivity contribution < 1.29 is 14.4 Å². The molecule has 6 nitrogen and oxygen atoms in total. The zero-order valence-corrected chi connectivity index (χ0v) is 17.5. The topological polar surface area (TPSA) is 79.4 Å². The maximum atomic E-state index is 13.0. The van der Waals surface area contributed by atoms with Crippen LogP contribution in [0.4, 0.5) is 11.4 Å². The molecule has 1 aromatic heterocycles. The first kappa shape index (κ1) is 18.9. The molecule has 6 rings (SSSR count). The van der Waals surface area contributed by atoms with Gasteiger partial charge in [0.25, 0.3) is 5.91 Å². The lowest BCUT2D eigenvalue weighted by Gasteiger charge is -2.17. The summed E-state index contributed by atoms with van der Waals surface area (Å²) in [5, 5.41) is 3.92. The zero-order valence-electron chi connectivity index (χ0n) is 17.5. The SMILES string of the molecule is Cc1ccc2cccnc2c1NC(=O)c1ccc(N2C(=O)[C@@H]3[C@H](C2=O)[C@@H]2C=C[C@H]3C2)cc1. The highest BCUT2D eigenvalue weighted by molar-refractivity contribution is 6.23. The number of carbonyl (C=O) groups excluding carboxylic acids is 3. The second-order valence-electron chi connectivity index (χ2n) is 8.85. The number of aromatic nitrogens is 1. The molecule has 1 N–H and O–H groups in total. The number of imide groups is 1. The highest BCUT2D eigenvalue weighted by Crippen LogP contribution is 2.53. The van der Waals surface area contributed by atoms with Crippen LogP contribution in [0.5, 0.6) is 0 Å². The molecule has 2 aromatic carbocycles. The molecule has 0 spiro atoms. The van der Waals surface area contributed by atoms with Gasteiger partial charge in [0, 0.05) is 17.1 Å². The maximum absolute atomic E-state index is 13.0. The molecule has 32 heavy (non-hydrogen) atoms. The highest BCUT2D eigenvalue weighted by Gasteiger charge is 2.59. The Morgan fingerprint density at radius 1 is 0.969 bits per heavy atom. The molecule has 1 saturated heterocycles. The third-order valence-electron chi connectivity index (χ3n) is 7.08. The molecule has 1 aliphatic heterocycles. The van der Waals surface area contributed by atoms with Crippen LogP contribution in [0.3, 0.4) is 0 Å². The van der Waals surface area contributed by atoms with E-state index in [1.54, 1.807) is 30.5 Å². The third kappa shape index (κ3) is 2.65. The molecule has 3 amide bonds. The van der Waals surface area contributed by atoms with E-state index in [0.29, 0.717) is 16.9 Å². The van der Waals surface area contributed by atoms with Gasteiger partial charge in [-0.3, -0.25) is 24.3 Å². The number of fused-ring (bicyclic) bond motifs is 6. The molecular weight excluding hydrogens is 402 g/mol. The largest absolute Gasteiger partial charge is 0.320 e. The molecule has 158 valence electrons. The fraction of sp³-hybridized carbons (Fsp3) is 0.231. The molecule has 0 radical (unpaired) electrons. The van der Waals surface area contributed by atoms with Crippen molar-refractivity contribution in [1.82, 2.24) is 4.98 Å². The number of benzene rings is 2. The molecule has 3 aromatic rings. The average molecular weight is 423 g/mol. The quantitative estimate of drug-likeness (QED) is 0.508. The number of nitrogens with one attached hydrogen (secondary N) is 1. The second kappa shape index (κ2) is 6.85. The number of amides is 3. The van der Waals surface area contributed by atoms with Gasteiger partial charge in [-0.25, -0.2) is 0 Å². The Balaban J connectivity index is 1.25. The number of aryl methyl sites for hydroxylation is 1. The monoisotopic (exact) mass is 423 g/mol. The molecular formula is C26H21N3O3. The number of hydrogen-bond acceptors (Lipinski definition) is 4. The van der Waals surface area contributed by atoms with Crippen LogP contribution in [0.1, 0.15) is 22.3 Å². The fourth-order valence-corrected chi connectivity index (χ4v) is 5.51. The first-order valence-corrected chi connectivity index (χ1v) is 10.8. The number of hydrogen-bond donors (Lipinski definition) is 1. The zero-order chi connectivity index (χ0) is 22.0.